The SMILES string of the molecule is CCN1CCN(S(=O)(=O)c2cccc(NC(=O)C3CCCN3C(=O)Cc3cccs3)c2)CC1. The molecule has 1 N–H and O–H groups in total. The zero-order valence-electron chi connectivity index (χ0n) is 18.8. The number of rotatable bonds is 7. The fourth-order valence-electron chi connectivity index (χ4n) is 4.40. The number of amides is 2. The van der Waals surface area contributed by atoms with Crippen LogP contribution in [-0.4, -0.2) is 79.6 Å². The average Bonchev–Trinajstić information content (AvgIpc) is 3.51. The maximum atomic E-state index is 13.1. The molecule has 0 saturated carbocycles. The van der Waals surface area contributed by atoms with E-state index >= 15 is 0 Å². The van der Waals surface area contributed by atoms with Crippen molar-refractivity contribution in [3.8, 4) is 0 Å². The van der Waals surface area contributed by atoms with Gasteiger partial charge in [0.25, 0.3) is 0 Å². The van der Waals surface area contributed by atoms with E-state index in [1.807, 2.05) is 17.5 Å². The maximum Gasteiger partial charge on any atom is 0.247 e. The van der Waals surface area contributed by atoms with Crippen molar-refractivity contribution in [2.75, 3.05) is 44.6 Å². The lowest BCUT2D eigenvalue weighted by molar-refractivity contribution is -0.136. The van der Waals surface area contributed by atoms with Crippen LogP contribution in [0.2, 0.25) is 0 Å². The van der Waals surface area contributed by atoms with Crippen molar-refractivity contribution in [1.29, 1.82) is 0 Å². The molecule has 0 spiro atoms. The van der Waals surface area contributed by atoms with E-state index in [2.05, 4.69) is 17.1 Å². The number of anilines is 1. The van der Waals surface area contributed by atoms with Gasteiger partial charge in [0.1, 0.15) is 6.04 Å². The topological polar surface area (TPSA) is 90.0 Å². The molecule has 1 aromatic heterocycles. The summed E-state index contributed by atoms with van der Waals surface area (Å²) in [6.07, 6.45) is 1.66. The Bertz CT molecular complexity index is 1080. The van der Waals surface area contributed by atoms with Crippen LogP contribution in [0.3, 0.4) is 0 Å². The van der Waals surface area contributed by atoms with Crippen molar-refractivity contribution >= 4 is 38.9 Å². The summed E-state index contributed by atoms with van der Waals surface area (Å²) in [6, 6.07) is 9.67. The number of likely N-dealkylation sites (N-methyl/N-ethyl adjacent to an activating group) is 1. The second-order valence-corrected chi connectivity index (χ2v) is 11.3. The fourth-order valence-corrected chi connectivity index (χ4v) is 6.56. The van der Waals surface area contributed by atoms with Crippen LogP contribution < -0.4 is 5.32 Å². The van der Waals surface area contributed by atoms with E-state index in [0.29, 0.717) is 51.3 Å². The minimum Gasteiger partial charge on any atom is -0.330 e. The van der Waals surface area contributed by atoms with E-state index in [0.717, 1.165) is 17.8 Å². The van der Waals surface area contributed by atoms with E-state index in [1.54, 1.807) is 23.1 Å². The summed E-state index contributed by atoms with van der Waals surface area (Å²) in [6.45, 7) is 5.86. The highest BCUT2D eigenvalue weighted by molar-refractivity contribution is 7.89. The maximum absolute atomic E-state index is 13.1. The molecule has 8 nitrogen and oxygen atoms in total. The van der Waals surface area contributed by atoms with Crippen LogP contribution in [0.1, 0.15) is 24.6 Å². The lowest BCUT2D eigenvalue weighted by atomic mass is 10.2. The highest BCUT2D eigenvalue weighted by Crippen LogP contribution is 2.24. The van der Waals surface area contributed by atoms with Gasteiger partial charge < -0.3 is 15.1 Å². The molecule has 2 aliphatic heterocycles. The third-order valence-corrected chi connectivity index (χ3v) is 9.07. The molecule has 33 heavy (non-hydrogen) atoms. The van der Waals surface area contributed by atoms with Crippen molar-refractivity contribution in [2.45, 2.75) is 37.1 Å². The van der Waals surface area contributed by atoms with E-state index in [9.17, 15) is 18.0 Å². The van der Waals surface area contributed by atoms with Gasteiger partial charge in [0, 0.05) is 43.3 Å². The first-order chi connectivity index (χ1) is 15.9. The first kappa shape index (κ1) is 23.9. The largest absolute Gasteiger partial charge is 0.330 e. The predicted molar refractivity (Wildman–Crippen MR) is 129 cm³/mol. The Morgan fingerprint density at radius 3 is 2.58 bits per heavy atom. The smallest absolute Gasteiger partial charge is 0.247 e. The van der Waals surface area contributed by atoms with Crippen LogP contribution in [0.15, 0.2) is 46.7 Å². The Morgan fingerprint density at radius 2 is 1.88 bits per heavy atom. The van der Waals surface area contributed by atoms with Gasteiger partial charge in [-0.25, -0.2) is 8.42 Å². The van der Waals surface area contributed by atoms with Gasteiger partial charge in [-0.1, -0.05) is 19.1 Å². The number of nitrogens with zero attached hydrogens (tertiary/aromatic N) is 3. The number of likely N-dealkylation sites (tertiary alicyclic amines) is 1. The highest BCUT2D eigenvalue weighted by atomic mass is 32.2. The summed E-state index contributed by atoms with van der Waals surface area (Å²) in [4.78, 5) is 30.8. The Kier molecular flexibility index (Phi) is 7.48. The summed E-state index contributed by atoms with van der Waals surface area (Å²) < 4.78 is 27.7. The number of carbonyl (C=O) groups excluding carboxylic acids is 2. The standard InChI is InChI=1S/C23H30N4O4S2/c1-2-25-11-13-26(14-12-25)33(30,31)20-8-3-6-18(16-20)24-23(29)21-9-4-10-27(21)22(28)17-19-7-5-15-32-19/h3,5-8,15-16,21H,2,4,9-14,17H2,1H3,(H,24,29). The van der Waals surface area contributed by atoms with Gasteiger partial charge in [0.2, 0.25) is 21.8 Å². The van der Waals surface area contributed by atoms with Crippen molar-refractivity contribution in [3.05, 3.63) is 46.7 Å². The van der Waals surface area contributed by atoms with E-state index in [-0.39, 0.29) is 16.7 Å². The lowest BCUT2D eigenvalue weighted by Crippen LogP contribution is -2.48. The molecule has 2 aromatic rings. The van der Waals surface area contributed by atoms with Gasteiger partial charge in [0.15, 0.2) is 0 Å². The molecule has 0 radical (unpaired) electrons. The number of hydrogen-bond acceptors (Lipinski definition) is 6. The molecule has 2 fully saturated rings. The zero-order valence-corrected chi connectivity index (χ0v) is 20.4. The highest BCUT2D eigenvalue weighted by Gasteiger charge is 2.34. The van der Waals surface area contributed by atoms with Gasteiger partial charge in [-0.15, -0.1) is 11.3 Å². The number of piperazine rings is 1. The molecule has 10 heteroatoms. The Hall–Kier alpha value is -2.27. The first-order valence-electron chi connectivity index (χ1n) is 11.3. The van der Waals surface area contributed by atoms with Crippen LogP contribution in [0.25, 0.3) is 0 Å². The Labute approximate surface area is 199 Å². The molecule has 178 valence electrons. The molecule has 2 amide bonds. The van der Waals surface area contributed by atoms with E-state index in [4.69, 9.17) is 0 Å². The predicted octanol–water partition coefficient (Wildman–Crippen LogP) is 2.25. The molecular formula is C23H30N4O4S2. The van der Waals surface area contributed by atoms with Crippen LogP contribution in [-0.2, 0) is 26.0 Å². The fraction of sp³-hybridized carbons (Fsp3) is 0.478. The number of hydrogen-bond donors (Lipinski definition) is 1. The van der Waals surface area contributed by atoms with Crippen molar-refractivity contribution < 1.29 is 18.0 Å². The molecule has 2 saturated heterocycles. The average molecular weight is 491 g/mol. The number of nitrogens with one attached hydrogen (secondary N) is 1. The number of carbonyl (C=O) groups is 2. The van der Waals surface area contributed by atoms with Crippen LogP contribution in [0, 0.1) is 0 Å². The minimum atomic E-state index is -3.63. The lowest BCUT2D eigenvalue weighted by Gasteiger charge is -2.33. The monoisotopic (exact) mass is 490 g/mol. The second-order valence-electron chi connectivity index (χ2n) is 8.36. The zero-order chi connectivity index (χ0) is 23.4. The molecule has 1 atom stereocenters. The van der Waals surface area contributed by atoms with Crippen molar-refractivity contribution in [2.24, 2.45) is 0 Å². The number of thiophene rings is 1. The first-order valence-corrected chi connectivity index (χ1v) is 13.7. The second kappa shape index (κ2) is 10.3. The van der Waals surface area contributed by atoms with Crippen LogP contribution in [0.5, 0.6) is 0 Å². The van der Waals surface area contributed by atoms with E-state index in [1.165, 1.54) is 21.7 Å². The quantitative estimate of drug-likeness (QED) is 0.643. The third kappa shape index (κ3) is 5.46. The molecule has 4 rings (SSSR count). The summed E-state index contributed by atoms with van der Waals surface area (Å²) in [5.41, 5.74) is 0.422. The molecule has 1 aromatic carbocycles. The van der Waals surface area contributed by atoms with Gasteiger partial charge in [-0.05, 0) is 49.0 Å². The summed E-state index contributed by atoms with van der Waals surface area (Å²) in [5.74, 6) is -0.337. The summed E-state index contributed by atoms with van der Waals surface area (Å²) >= 11 is 1.53. The number of benzene rings is 1. The van der Waals surface area contributed by atoms with Gasteiger partial charge >= 0.3 is 0 Å². The minimum absolute atomic E-state index is 0.0577. The van der Waals surface area contributed by atoms with Gasteiger partial charge in [-0.2, -0.15) is 4.31 Å². The van der Waals surface area contributed by atoms with Crippen LogP contribution >= 0.6 is 11.3 Å². The molecule has 1 unspecified atom stereocenters. The van der Waals surface area contributed by atoms with Crippen molar-refractivity contribution in [1.82, 2.24) is 14.1 Å². The van der Waals surface area contributed by atoms with Gasteiger partial charge in [0.05, 0.1) is 11.3 Å². The van der Waals surface area contributed by atoms with E-state index < -0.39 is 16.1 Å². The normalized spacial score (nSPS) is 20.2. The molecule has 2 aliphatic rings. The number of sulfonamides is 1. The summed E-state index contributed by atoms with van der Waals surface area (Å²) in [7, 11) is -3.63. The Balaban J connectivity index is 1.42. The molecule has 3 heterocycles. The van der Waals surface area contributed by atoms with Crippen molar-refractivity contribution in [3.63, 3.8) is 0 Å². The molecule has 0 aliphatic carbocycles. The molecule has 0 bridgehead atoms. The Morgan fingerprint density at radius 1 is 1.09 bits per heavy atom. The summed E-state index contributed by atoms with van der Waals surface area (Å²) in [5, 5.41) is 4.77. The molecular weight excluding hydrogens is 460 g/mol. The third-order valence-electron chi connectivity index (χ3n) is 6.30. The van der Waals surface area contributed by atoms with Gasteiger partial charge in [-0.3, -0.25) is 9.59 Å². The van der Waals surface area contributed by atoms with Crippen LogP contribution in [0.4, 0.5) is 5.69 Å².